The highest BCUT2D eigenvalue weighted by molar-refractivity contribution is 14.0. The van der Waals surface area contributed by atoms with Crippen LogP contribution in [0.3, 0.4) is 0 Å². The second-order valence-corrected chi connectivity index (χ2v) is 8.03. The van der Waals surface area contributed by atoms with Crippen molar-refractivity contribution in [2.45, 2.75) is 37.5 Å². The molecule has 1 saturated carbocycles. The topological polar surface area (TPSA) is 54.2 Å². The molecule has 27 heavy (non-hydrogen) atoms. The lowest BCUT2D eigenvalue weighted by atomic mass is 9.79. The molecule has 0 spiro atoms. The van der Waals surface area contributed by atoms with Gasteiger partial charge in [0.2, 0.25) is 0 Å². The molecule has 7 heteroatoms. The van der Waals surface area contributed by atoms with Crippen molar-refractivity contribution in [3.63, 3.8) is 0 Å². The van der Waals surface area contributed by atoms with Crippen LogP contribution in [0.4, 0.5) is 0 Å². The van der Waals surface area contributed by atoms with Crippen molar-refractivity contribution in [2.24, 2.45) is 12.0 Å². The number of aromatic nitrogens is 2. The van der Waals surface area contributed by atoms with E-state index >= 15 is 0 Å². The second-order valence-electron chi connectivity index (χ2n) is 7.12. The Hall–Kier alpha value is -1.09. The summed E-state index contributed by atoms with van der Waals surface area (Å²) in [7, 11) is 3.78. The van der Waals surface area contributed by atoms with Gasteiger partial charge in [-0.25, -0.2) is 0 Å². The van der Waals surface area contributed by atoms with Gasteiger partial charge < -0.3 is 10.6 Å². The molecule has 148 valence electrons. The molecule has 0 atom stereocenters. The van der Waals surface area contributed by atoms with Gasteiger partial charge in [-0.3, -0.25) is 9.67 Å². The van der Waals surface area contributed by atoms with Crippen molar-refractivity contribution in [1.29, 1.82) is 0 Å². The molecule has 2 N–H and O–H groups in total. The first-order valence-electron chi connectivity index (χ1n) is 9.29. The van der Waals surface area contributed by atoms with Crippen LogP contribution in [0.25, 0.3) is 0 Å². The van der Waals surface area contributed by atoms with E-state index in [9.17, 15) is 0 Å². The zero-order chi connectivity index (χ0) is 18.4. The third-order valence-electron chi connectivity index (χ3n) is 5.30. The maximum absolute atomic E-state index is 4.39. The number of aliphatic imine (C=N–C) groups is 1. The summed E-state index contributed by atoms with van der Waals surface area (Å²) in [6.45, 7) is 1.76. The third-order valence-corrected chi connectivity index (χ3v) is 5.83. The normalized spacial score (nSPS) is 16.0. The molecule has 0 unspecified atom stereocenters. The molecule has 0 radical (unpaired) electrons. The summed E-state index contributed by atoms with van der Waals surface area (Å²) in [5.41, 5.74) is 2.87. The number of aryl methyl sites for hydroxylation is 1. The van der Waals surface area contributed by atoms with Gasteiger partial charge in [-0.1, -0.05) is 40.9 Å². The minimum absolute atomic E-state index is 0. The summed E-state index contributed by atoms with van der Waals surface area (Å²) >= 11 is 3.54. The molecule has 0 amide bonds. The molecule has 1 aliphatic rings. The highest BCUT2D eigenvalue weighted by Gasteiger charge is 2.35. The van der Waals surface area contributed by atoms with Gasteiger partial charge in [0.25, 0.3) is 0 Å². The summed E-state index contributed by atoms with van der Waals surface area (Å²) in [5, 5.41) is 11.2. The Labute approximate surface area is 187 Å². The largest absolute Gasteiger partial charge is 0.356 e. The predicted molar refractivity (Wildman–Crippen MR) is 126 cm³/mol. The van der Waals surface area contributed by atoms with E-state index in [-0.39, 0.29) is 29.4 Å². The van der Waals surface area contributed by atoms with E-state index < -0.39 is 0 Å². The van der Waals surface area contributed by atoms with Crippen molar-refractivity contribution in [3.8, 4) is 0 Å². The zero-order valence-corrected chi connectivity index (χ0v) is 20.0. The van der Waals surface area contributed by atoms with Gasteiger partial charge in [0.15, 0.2) is 5.96 Å². The lowest BCUT2D eigenvalue weighted by Gasteiger charge is -2.31. The van der Waals surface area contributed by atoms with E-state index in [1.165, 1.54) is 36.8 Å². The van der Waals surface area contributed by atoms with Crippen LogP contribution in [0.15, 0.2) is 46.1 Å². The molecule has 1 heterocycles. The monoisotopic (exact) mass is 545 g/mol. The van der Waals surface area contributed by atoms with Gasteiger partial charge in [0.1, 0.15) is 0 Å². The number of benzene rings is 1. The summed E-state index contributed by atoms with van der Waals surface area (Å²) in [5.74, 6) is 0.872. The summed E-state index contributed by atoms with van der Waals surface area (Å²) in [6.07, 6.45) is 9.96. The van der Waals surface area contributed by atoms with Gasteiger partial charge in [-0.15, -0.1) is 24.0 Å². The summed E-state index contributed by atoms with van der Waals surface area (Å²) < 4.78 is 2.97. The number of hydrogen-bond acceptors (Lipinski definition) is 2. The first kappa shape index (κ1) is 22.2. The minimum Gasteiger partial charge on any atom is -0.356 e. The Balaban J connectivity index is 0.00000261. The second kappa shape index (κ2) is 10.5. The quantitative estimate of drug-likeness (QED) is 0.327. The average Bonchev–Trinajstić information content (AvgIpc) is 3.28. The predicted octanol–water partition coefficient (Wildman–Crippen LogP) is 4.02. The van der Waals surface area contributed by atoms with E-state index in [1.54, 1.807) is 0 Å². The van der Waals surface area contributed by atoms with Crippen LogP contribution in [0, 0.1) is 0 Å². The van der Waals surface area contributed by atoms with Gasteiger partial charge in [0, 0.05) is 43.3 Å². The lowest BCUT2D eigenvalue weighted by molar-refractivity contribution is 0.432. The Morgan fingerprint density at radius 3 is 2.52 bits per heavy atom. The molecular weight excluding hydrogens is 517 g/mol. The summed E-state index contributed by atoms with van der Waals surface area (Å²) in [4.78, 5) is 4.39. The highest BCUT2D eigenvalue weighted by Crippen LogP contribution is 2.40. The van der Waals surface area contributed by atoms with Gasteiger partial charge in [-0.2, -0.15) is 5.10 Å². The van der Waals surface area contributed by atoms with Crippen LogP contribution in [0.1, 0.15) is 36.8 Å². The Morgan fingerprint density at radius 1 is 1.22 bits per heavy atom. The van der Waals surface area contributed by atoms with E-state index in [0.717, 1.165) is 29.9 Å². The van der Waals surface area contributed by atoms with Crippen molar-refractivity contribution in [3.05, 3.63) is 52.3 Å². The smallest absolute Gasteiger partial charge is 0.191 e. The average molecular weight is 546 g/mol. The summed E-state index contributed by atoms with van der Waals surface area (Å²) in [6, 6.07) is 8.82. The number of nitrogens with zero attached hydrogens (tertiary/aromatic N) is 3. The fraction of sp³-hybridized carbons (Fsp3) is 0.500. The zero-order valence-electron chi connectivity index (χ0n) is 16.0. The maximum Gasteiger partial charge on any atom is 0.191 e. The SMILES string of the molecule is CN=C(NCCc1cnn(C)c1)NCC1(c2ccc(Br)cc2)CCCC1.I. The van der Waals surface area contributed by atoms with Crippen molar-refractivity contribution in [1.82, 2.24) is 20.4 Å². The number of halogens is 2. The van der Waals surface area contributed by atoms with Crippen molar-refractivity contribution >= 4 is 45.9 Å². The highest BCUT2D eigenvalue weighted by atomic mass is 127. The number of rotatable bonds is 6. The van der Waals surface area contributed by atoms with Crippen LogP contribution in [-0.4, -0.2) is 35.9 Å². The van der Waals surface area contributed by atoms with Crippen molar-refractivity contribution in [2.75, 3.05) is 20.1 Å². The molecule has 0 saturated heterocycles. The Morgan fingerprint density at radius 2 is 1.93 bits per heavy atom. The van der Waals surface area contributed by atoms with Crippen LogP contribution in [0.2, 0.25) is 0 Å². The first-order valence-corrected chi connectivity index (χ1v) is 10.1. The van der Waals surface area contributed by atoms with Gasteiger partial charge >= 0.3 is 0 Å². The minimum atomic E-state index is 0. The van der Waals surface area contributed by atoms with Crippen LogP contribution >= 0.6 is 39.9 Å². The lowest BCUT2D eigenvalue weighted by Crippen LogP contribution is -2.45. The molecule has 5 nitrogen and oxygen atoms in total. The molecular formula is C20H29BrIN5. The van der Waals surface area contributed by atoms with Crippen molar-refractivity contribution < 1.29 is 0 Å². The van der Waals surface area contributed by atoms with E-state index in [4.69, 9.17) is 0 Å². The molecule has 1 aromatic carbocycles. The van der Waals surface area contributed by atoms with E-state index in [2.05, 4.69) is 67.1 Å². The fourth-order valence-corrected chi connectivity index (χ4v) is 4.09. The molecule has 0 aliphatic heterocycles. The maximum atomic E-state index is 4.39. The third kappa shape index (κ3) is 5.94. The number of guanidine groups is 1. The van der Waals surface area contributed by atoms with E-state index in [1.807, 2.05) is 25.0 Å². The Bertz CT molecular complexity index is 735. The van der Waals surface area contributed by atoms with Gasteiger partial charge in [0.05, 0.1) is 6.20 Å². The first-order chi connectivity index (χ1) is 12.6. The Kier molecular flexibility index (Phi) is 8.60. The molecule has 1 aliphatic carbocycles. The van der Waals surface area contributed by atoms with E-state index in [0.29, 0.717) is 0 Å². The van der Waals surface area contributed by atoms with Gasteiger partial charge in [-0.05, 0) is 42.5 Å². The molecule has 0 bridgehead atoms. The van der Waals surface area contributed by atoms with Crippen LogP contribution in [0.5, 0.6) is 0 Å². The molecule has 1 aromatic heterocycles. The van der Waals surface area contributed by atoms with Crippen LogP contribution < -0.4 is 10.6 Å². The molecule has 2 aromatic rings. The molecule has 3 rings (SSSR count). The number of nitrogens with one attached hydrogen (secondary N) is 2. The fourth-order valence-electron chi connectivity index (χ4n) is 3.82. The number of hydrogen-bond donors (Lipinski definition) is 2. The molecule has 1 fully saturated rings. The van der Waals surface area contributed by atoms with Crippen LogP contribution in [-0.2, 0) is 18.9 Å². The standard InChI is InChI=1S/C20H28BrN5.HI/c1-22-19(23-12-9-16-13-25-26(2)14-16)24-15-20(10-3-4-11-20)17-5-7-18(21)8-6-17;/h5-8,13-14H,3-4,9-12,15H2,1-2H3,(H2,22,23,24);1H.